The molecule has 0 saturated heterocycles. The topological polar surface area (TPSA) is 61.9 Å². The largest absolute Gasteiger partial charge is 0.345 e. The summed E-state index contributed by atoms with van der Waals surface area (Å²) in [6.45, 7) is 0. The van der Waals surface area contributed by atoms with Crippen molar-refractivity contribution in [3.63, 3.8) is 0 Å². The molecular formula is C8H10N4O. The second kappa shape index (κ2) is 3.27. The van der Waals surface area contributed by atoms with Gasteiger partial charge in [-0.1, -0.05) is 0 Å². The predicted molar refractivity (Wildman–Crippen MR) is 45.9 cm³/mol. The molecule has 0 saturated carbocycles. The van der Waals surface area contributed by atoms with Crippen LogP contribution in [0.15, 0.2) is 6.20 Å². The second-order valence-corrected chi connectivity index (χ2v) is 2.84. The highest BCUT2D eigenvalue weighted by molar-refractivity contribution is 5.95. The highest BCUT2D eigenvalue weighted by atomic mass is 16.2. The average molecular weight is 178 g/mol. The van der Waals surface area contributed by atoms with Crippen LogP contribution in [0.1, 0.15) is 16.1 Å². The maximum Gasteiger partial charge on any atom is 0.257 e. The molecule has 0 aromatic carbocycles. The predicted octanol–water partition coefficient (Wildman–Crippen LogP) is -0.00642. The summed E-state index contributed by atoms with van der Waals surface area (Å²) in [6.07, 6.45) is 1.40. The lowest BCUT2D eigenvalue weighted by Gasteiger charge is -2.07. The first kappa shape index (κ1) is 9.26. The summed E-state index contributed by atoms with van der Waals surface area (Å²) in [4.78, 5) is 12.9. The van der Waals surface area contributed by atoms with Gasteiger partial charge in [0.2, 0.25) is 0 Å². The number of carbonyl (C=O) groups excluding carboxylic acids is 1. The van der Waals surface area contributed by atoms with Crippen molar-refractivity contribution in [1.29, 1.82) is 5.26 Å². The zero-order valence-corrected chi connectivity index (χ0v) is 7.77. The zero-order chi connectivity index (χ0) is 10.0. The number of nitrogens with zero attached hydrogens (tertiary/aromatic N) is 4. The molecule has 0 bridgehead atoms. The first-order valence-corrected chi connectivity index (χ1v) is 3.71. The highest BCUT2D eigenvalue weighted by Gasteiger charge is 2.16. The first-order chi connectivity index (χ1) is 6.07. The third kappa shape index (κ3) is 1.51. The Balaban J connectivity index is 3.17. The van der Waals surface area contributed by atoms with Crippen molar-refractivity contribution in [3.05, 3.63) is 17.5 Å². The van der Waals surface area contributed by atoms with E-state index in [9.17, 15) is 4.79 Å². The highest BCUT2D eigenvalue weighted by Crippen LogP contribution is 2.07. The van der Waals surface area contributed by atoms with E-state index < -0.39 is 0 Å². The van der Waals surface area contributed by atoms with Crippen LogP contribution in [0.2, 0.25) is 0 Å². The Bertz CT molecular complexity index is 372. The number of amides is 1. The van der Waals surface area contributed by atoms with Gasteiger partial charge < -0.3 is 4.90 Å². The summed E-state index contributed by atoms with van der Waals surface area (Å²) in [7, 11) is 4.90. The fourth-order valence-electron chi connectivity index (χ4n) is 0.968. The second-order valence-electron chi connectivity index (χ2n) is 2.84. The summed E-state index contributed by atoms with van der Waals surface area (Å²) in [5.41, 5.74) is 0.633. The number of aryl methyl sites for hydroxylation is 1. The average Bonchev–Trinajstić information content (AvgIpc) is 2.45. The molecule has 0 aliphatic heterocycles. The van der Waals surface area contributed by atoms with Gasteiger partial charge >= 0.3 is 0 Å². The molecule has 0 aliphatic rings. The molecule has 5 heteroatoms. The zero-order valence-electron chi connectivity index (χ0n) is 7.77. The van der Waals surface area contributed by atoms with Crippen LogP contribution in [-0.2, 0) is 7.05 Å². The number of rotatable bonds is 1. The number of carbonyl (C=O) groups is 1. The van der Waals surface area contributed by atoms with E-state index in [0.717, 1.165) is 0 Å². The third-order valence-electron chi connectivity index (χ3n) is 1.68. The van der Waals surface area contributed by atoms with Crippen LogP contribution >= 0.6 is 0 Å². The van der Waals surface area contributed by atoms with Gasteiger partial charge in [-0.05, 0) is 0 Å². The molecule has 1 rings (SSSR count). The Hall–Kier alpha value is -1.83. The van der Waals surface area contributed by atoms with E-state index in [1.807, 2.05) is 6.07 Å². The molecule has 0 atom stereocenters. The lowest BCUT2D eigenvalue weighted by Crippen LogP contribution is -2.22. The van der Waals surface area contributed by atoms with Gasteiger partial charge in [0.1, 0.15) is 6.07 Å². The van der Waals surface area contributed by atoms with Gasteiger partial charge in [0.05, 0.1) is 11.8 Å². The summed E-state index contributed by atoms with van der Waals surface area (Å²) in [5, 5.41) is 12.6. The first-order valence-electron chi connectivity index (χ1n) is 3.71. The van der Waals surface area contributed by atoms with E-state index in [2.05, 4.69) is 5.10 Å². The number of nitriles is 1. The SMILES string of the molecule is CN(C)C(=O)c1cnn(C)c1C#N. The van der Waals surface area contributed by atoms with Gasteiger partial charge in [-0.2, -0.15) is 10.4 Å². The molecular weight excluding hydrogens is 168 g/mol. The Morgan fingerprint density at radius 1 is 1.69 bits per heavy atom. The van der Waals surface area contributed by atoms with E-state index in [-0.39, 0.29) is 5.91 Å². The Morgan fingerprint density at radius 3 is 2.77 bits per heavy atom. The minimum absolute atomic E-state index is 0.204. The van der Waals surface area contributed by atoms with Crippen molar-refractivity contribution < 1.29 is 4.79 Å². The molecule has 1 aromatic rings. The molecule has 13 heavy (non-hydrogen) atoms. The normalized spacial score (nSPS) is 9.38. The van der Waals surface area contributed by atoms with Gasteiger partial charge in [-0.15, -0.1) is 0 Å². The lowest BCUT2D eigenvalue weighted by atomic mass is 10.2. The lowest BCUT2D eigenvalue weighted by molar-refractivity contribution is 0.0827. The minimum atomic E-state index is -0.204. The van der Waals surface area contributed by atoms with Crippen LogP contribution in [0.4, 0.5) is 0 Å². The van der Waals surface area contributed by atoms with Crippen LogP contribution in [0, 0.1) is 11.3 Å². The van der Waals surface area contributed by atoms with E-state index in [1.54, 1.807) is 21.1 Å². The van der Waals surface area contributed by atoms with Gasteiger partial charge in [0, 0.05) is 21.1 Å². The fraction of sp³-hybridized carbons (Fsp3) is 0.375. The van der Waals surface area contributed by atoms with Crippen LogP contribution in [0.5, 0.6) is 0 Å². The van der Waals surface area contributed by atoms with Crippen molar-refractivity contribution in [2.45, 2.75) is 0 Å². The molecule has 0 aliphatic carbocycles. The van der Waals surface area contributed by atoms with Crippen LogP contribution in [0.25, 0.3) is 0 Å². The minimum Gasteiger partial charge on any atom is -0.345 e. The standard InChI is InChI=1S/C8H10N4O/c1-11(2)8(13)6-5-10-12(3)7(6)4-9/h5H,1-3H3. The van der Waals surface area contributed by atoms with E-state index >= 15 is 0 Å². The molecule has 1 amide bonds. The molecule has 0 spiro atoms. The number of aromatic nitrogens is 2. The van der Waals surface area contributed by atoms with Crippen LogP contribution in [0.3, 0.4) is 0 Å². The molecule has 0 N–H and O–H groups in total. The van der Waals surface area contributed by atoms with Gasteiger partial charge in [0.15, 0.2) is 5.69 Å². The fourth-order valence-corrected chi connectivity index (χ4v) is 0.968. The van der Waals surface area contributed by atoms with Crippen LogP contribution < -0.4 is 0 Å². The van der Waals surface area contributed by atoms with E-state index in [0.29, 0.717) is 11.3 Å². The maximum absolute atomic E-state index is 11.5. The van der Waals surface area contributed by atoms with Gasteiger partial charge in [-0.25, -0.2) is 0 Å². The van der Waals surface area contributed by atoms with Crippen molar-refractivity contribution in [1.82, 2.24) is 14.7 Å². The van der Waals surface area contributed by atoms with Crippen LogP contribution in [-0.4, -0.2) is 34.7 Å². The van der Waals surface area contributed by atoms with Crippen molar-refractivity contribution in [2.24, 2.45) is 7.05 Å². The molecule has 0 fully saturated rings. The molecule has 0 unspecified atom stereocenters. The Labute approximate surface area is 76.2 Å². The summed E-state index contributed by atoms with van der Waals surface area (Å²) in [5.74, 6) is -0.204. The van der Waals surface area contributed by atoms with Crippen molar-refractivity contribution in [3.8, 4) is 6.07 Å². The molecule has 1 aromatic heterocycles. The summed E-state index contributed by atoms with van der Waals surface area (Å²) in [6, 6.07) is 1.93. The number of hydrogen-bond acceptors (Lipinski definition) is 3. The Kier molecular flexibility index (Phi) is 2.33. The van der Waals surface area contributed by atoms with E-state index in [1.165, 1.54) is 15.8 Å². The molecule has 5 nitrogen and oxygen atoms in total. The van der Waals surface area contributed by atoms with Gasteiger partial charge in [0.25, 0.3) is 5.91 Å². The van der Waals surface area contributed by atoms with Gasteiger partial charge in [-0.3, -0.25) is 9.48 Å². The van der Waals surface area contributed by atoms with E-state index in [4.69, 9.17) is 5.26 Å². The smallest absolute Gasteiger partial charge is 0.257 e. The molecule has 1 heterocycles. The maximum atomic E-state index is 11.5. The summed E-state index contributed by atoms with van der Waals surface area (Å²) < 4.78 is 1.39. The van der Waals surface area contributed by atoms with Crippen molar-refractivity contribution >= 4 is 5.91 Å². The molecule has 0 radical (unpaired) electrons. The summed E-state index contributed by atoms with van der Waals surface area (Å²) >= 11 is 0. The monoisotopic (exact) mass is 178 g/mol. The molecule has 68 valence electrons. The Morgan fingerprint density at radius 2 is 2.31 bits per heavy atom. The number of hydrogen-bond donors (Lipinski definition) is 0. The van der Waals surface area contributed by atoms with Crippen molar-refractivity contribution in [2.75, 3.05) is 14.1 Å². The quantitative estimate of drug-likeness (QED) is 0.607. The third-order valence-corrected chi connectivity index (χ3v) is 1.68.